The van der Waals surface area contributed by atoms with Gasteiger partial charge in [0.1, 0.15) is 11.5 Å². The van der Waals surface area contributed by atoms with Crippen LogP contribution in [0.2, 0.25) is 0 Å². The maximum atomic E-state index is 12.3. The van der Waals surface area contributed by atoms with Crippen molar-refractivity contribution in [1.82, 2.24) is 9.97 Å². The Morgan fingerprint density at radius 2 is 1.92 bits per heavy atom. The molecular formula is C17H20N4O3. The van der Waals surface area contributed by atoms with E-state index in [4.69, 9.17) is 4.74 Å². The van der Waals surface area contributed by atoms with Crippen LogP contribution in [0.5, 0.6) is 0 Å². The summed E-state index contributed by atoms with van der Waals surface area (Å²) in [7, 11) is 1.29. The zero-order chi connectivity index (χ0) is 17.5. The first-order valence-electron chi connectivity index (χ1n) is 7.56. The number of carbonyl (C=O) groups excluding carboxylic acids is 2. The molecule has 1 amide bonds. The second kappa shape index (κ2) is 8.05. The summed E-state index contributed by atoms with van der Waals surface area (Å²) >= 11 is 0. The van der Waals surface area contributed by atoms with E-state index >= 15 is 0 Å². The molecular weight excluding hydrogens is 308 g/mol. The first-order chi connectivity index (χ1) is 11.5. The molecule has 2 N–H and O–H groups in total. The van der Waals surface area contributed by atoms with Crippen molar-refractivity contribution >= 4 is 23.4 Å². The first-order valence-corrected chi connectivity index (χ1v) is 7.56. The lowest BCUT2D eigenvalue weighted by atomic mass is 10.1. The van der Waals surface area contributed by atoms with E-state index in [1.165, 1.54) is 19.5 Å². The minimum absolute atomic E-state index is 0.157. The summed E-state index contributed by atoms with van der Waals surface area (Å²) in [5, 5.41) is 5.77. The number of esters is 1. The number of nitrogens with one attached hydrogen (secondary N) is 2. The second-order valence-electron chi connectivity index (χ2n) is 5.55. The number of hydrogen-bond donors (Lipinski definition) is 2. The molecule has 0 aliphatic carbocycles. The molecule has 2 rings (SSSR count). The highest BCUT2D eigenvalue weighted by molar-refractivity contribution is 6.06. The van der Waals surface area contributed by atoms with Crippen LogP contribution in [-0.4, -0.2) is 35.5 Å². The minimum Gasteiger partial charge on any atom is -0.465 e. The topological polar surface area (TPSA) is 93.2 Å². The zero-order valence-electron chi connectivity index (χ0n) is 13.9. The van der Waals surface area contributed by atoms with E-state index in [1.54, 1.807) is 24.3 Å². The lowest BCUT2D eigenvalue weighted by molar-refractivity contribution is 0.0602. The van der Waals surface area contributed by atoms with Gasteiger partial charge in [-0.15, -0.1) is 0 Å². The van der Waals surface area contributed by atoms with E-state index in [0.717, 1.165) is 6.54 Å². The van der Waals surface area contributed by atoms with Gasteiger partial charge < -0.3 is 15.4 Å². The number of ether oxygens (including phenoxy) is 1. The Hall–Kier alpha value is -2.96. The van der Waals surface area contributed by atoms with Crippen LogP contribution in [0.3, 0.4) is 0 Å². The third-order valence-corrected chi connectivity index (χ3v) is 3.16. The van der Waals surface area contributed by atoms with Gasteiger partial charge in [0.2, 0.25) is 0 Å². The number of methoxy groups -OCH3 is 1. The SMILES string of the molecule is COC(=O)c1ccccc1NC(=O)c1cnc(NCC(C)C)cn1. The fourth-order valence-electron chi connectivity index (χ4n) is 1.91. The average molecular weight is 328 g/mol. The van der Waals surface area contributed by atoms with Gasteiger partial charge in [-0.3, -0.25) is 4.79 Å². The number of amides is 1. The van der Waals surface area contributed by atoms with Crippen molar-refractivity contribution in [2.24, 2.45) is 5.92 Å². The molecule has 1 aromatic carbocycles. The Kier molecular flexibility index (Phi) is 5.83. The quantitative estimate of drug-likeness (QED) is 0.792. The van der Waals surface area contributed by atoms with Gasteiger partial charge in [0.15, 0.2) is 0 Å². The molecule has 126 valence electrons. The number of rotatable bonds is 6. The predicted octanol–water partition coefficient (Wildman–Crippen LogP) is 2.58. The highest BCUT2D eigenvalue weighted by atomic mass is 16.5. The Labute approximate surface area is 140 Å². The minimum atomic E-state index is -0.523. The van der Waals surface area contributed by atoms with Gasteiger partial charge in [-0.1, -0.05) is 26.0 Å². The normalized spacial score (nSPS) is 10.3. The van der Waals surface area contributed by atoms with Crippen LogP contribution in [0, 0.1) is 5.92 Å². The highest BCUT2D eigenvalue weighted by Gasteiger charge is 2.15. The Morgan fingerprint density at radius 1 is 1.17 bits per heavy atom. The Bertz CT molecular complexity index is 714. The molecule has 0 aliphatic rings. The smallest absolute Gasteiger partial charge is 0.339 e. The monoisotopic (exact) mass is 328 g/mol. The van der Waals surface area contributed by atoms with Crippen LogP contribution in [0.1, 0.15) is 34.7 Å². The summed E-state index contributed by atoms with van der Waals surface area (Å²) in [6.45, 7) is 4.94. The average Bonchev–Trinajstić information content (AvgIpc) is 2.60. The molecule has 0 radical (unpaired) electrons. The van der Waals surface area contributed by atoms with Gasteiger partial charge in [-0.05, 0) is 18.1 Å². The molecule has 0 unspecified atom stereocenters. The molecule has 0 atom stereocenters. The van der Waals surface area contributed by atoms with Crippen molar-refractivity contribution in [1.29, 1.82) is 0 Å². The van der Waals surface area contributed by atoms with Gasteiger partial charge >= 0.3 is 5.97 Å². The molecule has 7 heteroatoms. The molecule has 0 saturated carbocycles. The molecule has 1 aromatic heterocycles. The fraction of sp³-hybridized carbons (Fsp3) is 0.294. The van der Waals surface area contributed by atoms with Crippen LogP contribution < -0.4 is 10.6 Å². The van der Waals surface area contributed by atoms with Crippen molar-refractivity contribution in [2.75, 3.05) is 24.3 Å². The van der Waals surface area contributed by atoms with E-state index in [0.29, 0.717) is 17.4 Å². The standard InChI is InChI=1S/C17H20N4O3/c1-11(2)8-19-15-10-18-14(9-20-15)16(22)21-13-7-5-4-6-12(13)17(23)24-3/h4-7,9-11H,8H2,1-3H3,(H,19,20)(H,21,22). The maximum absolute atomic E-state index is 12.3. The van der Waals surface area contributed by atoms with Crippen LogP contribution in [0.4, 0.5) is 11.5 Å². The van der Waals surface area contributed by atoms with Crippen molar-refractivity contribution < 1.29 is 14.3 Å². The lowest BCUT2D eigenvalue weighted by Gasteiger charge is -2.10. The van der Waals surface area contributed by atoms with Crippen molar-refractivity contribution in [3.05, 3.63) is 47.9 Å². The van der Waals surface area contributed by atoms with Crippen molar-refractivity contribution in [3.63, 3.8) is 0 Å². The van der Waals surface area contributed by atoms with Crippen LogP contribution >= 0.6 is 0 Å². The molecule has 2 aromatic rings. The van der Waals surface area contributed by atoms with E-state index < -0.39 is 11.9 Å². The van der Waals surface area contributed by atoms with E-state index in [2.05, 4.69) is 34.4 Å². The van der Waals surface area contributed by atoms with E-state index in [-0.39, 0.29) is 11.3 Å². The van der Waals surface area contributed by atoms with Gasteiger partial charge in [-0.25, -0.2) is 14.8 Å². The van der Waals surface area contributed by atoms with Gasteiger partial charge in [0, 0.05) is 6.54 Å². The molecule has 0 saturated heterocycles. The summed E-state index contributed by atoms with van der Waals surface area (Å²) in [4.78, 5) is 32.2. The third-order valence-electron chi connectivity index (χ3n) is 3.16. The molecule has 24 heavy (non-hydrogen) atoms. The maximum Gasteiger partial charge on any atom is 0.339 e. The van der Waals surface area contributed by atoms with Gasteiger partial charge in [-0.2, -0.15) is 0 Å². The zero-order valence-corrected chi connectivity index (χ0v) is 13.9. The summed E-state index contributed by atoms with van der Waals surface area (Å²) in [5.74, 6) is 0.110. The third kappa shape index (κ3) is 4.52. The van der Waals surface area contributed by atoms with Crippen LogP contribution in [0.25, 0.3) is 0 Å². The fourth-order valence-corrected chi connectivity index (χ4v) is 1.91. The predicted molar refractivity (Wildman–Crippen MR) is 91.1 cm³/mol. The molecule has 0 aliphatic heterocycles. The number of nitrogens with zero attached hydrogens (tertiary/aromatic N) is 2. The second-order valence-corrected chi connectivity index (χ2v) is 5.55. The van der Waals surface area contributed by atoms with Gasteiger partial charge in [0.05, 0.1) is 30.8 Å². The molecule has 0 bridgehead atoms. The van der Waals surface area contributed by atoms with Gasteiger partial charge in [0.25, 0.3) is 5.91 Å². The number of carbonyl (C=O) groups is 2. The highest BCUT2D eigenvalue weighted by Crippen LogP contribution is 2.17. The van der Waals surface area contributed by atoms with E-state index in [9.17, 15) is 9.59 Å². The summed E-state index contributed by atoms with van der Waals surface area (Å²) in [6, 6.07) is 6.60. The molecule has 0 spiro atoms. The molecule has 0 fully saturated rings. The Balaban J connectivity index is 2.09. The van der Waals surface area contributed by atoms with Crippen LogP contribution in [-0.2, 0) is 4.74 Å². The number of para-hydroxylation sites is 1. The molecule has 1 heterocycles. The number of benzene rings is 1. The number of anilines is 2. The first kappa shape index (κ1) is 17.4. The van der Waals surface area contributed by atoms with E-state index in [1.807, 2.05) is 0 Å². The number of aromatic nitrogens is 2. The number of hydrogen-bond acceptors (Lipinski definition) is 6. The summed E-state index contributed by atoms with van der Waals surface area (Å²) < 4.78 is 4.70. The van der Waals surface area contributed by atoms with Crippen molar-refractivity contribution in [2.45, 2.75) is 13.8 Å². The van der Waals surface area contributed by atoms with Crippen LogP contribution in [0.15, 0.2) is 36.7 Å². The van der Waals surface area contributed by atoms with Crippen molar-refractivity contribution in [3.8, 4) is 0 Å². The largest absolute Gasteiger partial charge is 0.465 e. The Morgan fingerprint density at radius 3 is 2.54 bits per heavy atom. The molecule has 7 nitrogen and oxygen atoms in total. The summed E-state index contributed by atoms with van der Waals surface area (Å²) in [6.07, 6.45) is 2.89. The lowest BCUT2D eigenvalue weighted by Crippen LogP contribution is -2.17. The summed E-state index contributed by atoms with van der Waals surface area (Å²) in [5.41, 5.74) is 0.791.